The number of aryl methyl sites for hydroxylation is 3. The van der Waals surface area contributed by atoms with E-state index < -0.39 is 0 Å². The molecule has 0 fully saturated rings. The predicted octanol–water partition coefficient (Wildman–Crippen LogP) is 5.39. The van der Waals surface area contributed by atoms with Crippen LogP contribution in [-0.2, 0) is 12.8 Å². The zero-order chi connectivity index (χ0) is 18.6. The monoisotopic (exact) mass is 355 g/mol. The van der Waals surface area contributed by atoms with E-state index in [2.05, 4.69) is 54.7 Å². The molecule has 3 aromatic rings. The highest BCUT2D eigenvalue weighted by atomic mass is 16.1. The molecule has 1 amide bonds. The van der Waals surface area contributed by atoms with Crippen LogP contribution in [0.3, 0.4) is 0 Å². The van der Waals surface area contributed by atoms with Crippen molar-refractivity contribution in [3.63, 3.8) is 0 Å². The second-order valence-electron chi connectivity index (χ2n) is 7.42. The molecule has 1 aliphatic rings. The summed E-state index contributed by atoms with van der Waals surface area (Å²) < 4.78 is 0. The quantitative estimate of drug-likeness (QED) is 0.667. The van der Waals surface area contributed by atoms with Crippen molar-refractivity contribution in [3.05, 3.63) is 106 Å². The summed E-state index contributed by atoms with van der Waals surface area (Å²) in [7, 11) is 0. The van der Waals surface area contributed by atoms with Gasteiger partial charge in [-0.1, -0.05) is 66.2 Å². The summed E-state index contributed by atoms with van der Waals surface area (Å²) in [5, 5.41) is 3.26. The molecule has 1 aliphatic carbocycles. The number of hydrogen-bond acceptors (Lipinski definition) is 1. The molecule has 27 heavy (non-hydrogen) atoms. The zero-order valence-corrected chi connectivity index (χ0v) is 15.7. The lowest BCUT2D eigenvalue weighted by atomic mass is 9.90. The SMILES string of the molecule is Cc1cccc([C@@H](NC(=O)c2ccc3c(c2)CCCC3)c2ccccc2)c1. The summed E-state index contributed by atoms with van der Waals surface area (Å²) in [6.07, 6.45) is 4.68. The van der Waals surface area contributed by atoms with Crippen molar-refractivity contribution in [2.24, 2.45) is 0 Å². The Bertz CT molecular complexity index is 946. The third kappa shape index (κ3) is 3.95. The Balaban J connectivity index is 1.64. The second kappa shape index (κ2) is 7.79. The molecule has 0 saturated carbocycles. The first-order valence-electron chi connectivity index (χ1n) is 9.75. The van der Waals surface area contributed by atoms with E-state index in [1.54, 1.807) is 0 Å². The van der Waals surface area contributed by atoms with E-state index in [-0.39, 0.29) is 11.9 Å². The van der Waals surface area contributed by atoms with Crippen LogP contribution in [0.5, 0.6) is 0 Å². The number of amides is 1. The van der Waals surface area contributed by atoms with Gasteiger partial charge in [-0.25, -0.2) is 0 Å². The molecule has 0 radical (unpaired) electrons. The number of carbonyl (C=O) groups is 1. The first kappa shape index (κ1) is 17.5. The van der Waals surface area contributed by atoms with Gasteiger partial charge < -0.3 is 5.32 Å². The van der Waals surface area contributed by atoms with Crippen molar-refractivity contribution < 1.29 is 4.79 Å². The summed E-state index contributed by atoms with van der Waals surface area (Å²) >= 11 is 0. The predicted molar refractivity (Wildman–Crippen MR) is 110 cm³/mol. The van der Waals surface area contributed by atoms with Crippen LogP contribution in [0.2, 0.25) is 0 Å². The number of rotatable bonds is 4. The zero-order valence-electron chi connectivity index (χ0n) is 15.7. The fourth-order valence-electron chi connectivity index (χ4n) is 3.94. The van der Waals surface area contributed by atoms with Crippen LogP contribution in [0, 0.1) is 6.92 Å². The smallest absolute Gasteiger partial charge is 0.252 e. The van der Waals surface area contributed by atoms with Gasteiger partial charge in [-0.2, -0.15) is 0 Å². The van der Waals surface area contributed by atoms with Gasteiger partial charge in [0.2, 0.25) is 0 Å². The van der Waals surface area contributed by atoms with Gasteiger partial charge in [0.15, 0.2) is 0 Å². The average Bonchev–Trinajstić information content (AvgIpc) is 2.72. The Kier molecular flexibility index (Phi) is 5.06. The Labute approximate surface area is 161 Å². The Morgan fingerprint density at radius 1 is 0.815 bits per heavy atom. The molecule has 136 valence electrons. The van der Waals surface area contributed by atoms with Crippen molar-refractivity contribution in [2.45, 2.75) is 38.6 Å². The summed E-state index contributed by atoms with van der Waals surface area (Å²) in [5.74, 6) is -0.0151. The lowest BCUT2D eigenvalue weighted by Gasteiger charge is -2.21. The van der Waals surface area contributed by atoms with Gasteiger partial charge in [-0.05, 0) is 67.0 Å². The van der Waals surface area contributed by atoms with Gasteiger partial charge in [0, 0.05) is 5.56 Å². The van der Waals surface area contributed by atoms with Crippen LogP contribution >= 0.6 is 0 Å². The average molecular weight is 355 g/mol. The number of hydrogen-bond donors (Lipinski definition) is 1. The lowest BCUT2D eigenvalue weighted by molar-refractivity contribution is 0.0943. The van der Waals surface area contributed by atoms with Crippen LogP contribution in [0.1, 0.15) is 57.1 Å². The lowest BCUT2D eigenvalue weighted by Crippen LogP contribution is -2.29. The highest BCUT2D eigenvalue weighted by Gasteiger charge is 2.19. The van der Waals surface area contributed by atoms with E-state index in [1.807, 2.05) is 30.3 Å². The second-order valence-corrected chi connectivity index (χ2v) is 7.42. The number of fused-ring (bicyclic) bond motifs is 1. The molecule has 4 rings (SSSR count). The molecule has 0 aromatic heterocycles. The maximum atomic E-state index is 13.1. The van der Waals surface area contributed by atoms with Crippen molar-refractivity contribution >= 4 is 5.91 Å². The molecular weight excluding hydrogens is 330 g/mol. The van der Waals surface area contributed by atoms with Gasteiger partial charge in [-0.3, -0.25) is 4.79 Å². The minimum Gasteiger partial charge on any atom is -0.341 e. The number of nitrogens with one attached hydrogen (secondary N) is 1. The van der Waals surface area contributed by atoms with Crippen LogP contribution in [-0.4, -0.2) is 5.91 Å². The van der Waals surface area contributed by atoms with Gasteiger partial charge in [0.25, 0.3) is 5.91 Å². The highest BCUT2D eigenvalue weighted by Crippen LogP contribution is 2.25. The number of carbonyl (C=O) groups excluding carboxylic acids is 1. The fraction of sp³-hybridized carbons (Fsp3) is 0.240. The number of benzene rings is 3. The van der Waals surface area contributed by atoms with Crippen molar-refractivity contribution in [1.82, 2.24) is 5.32 Å². The molecular formula is C25H25NO. The minimum absolute atomic E-state index is 0.0151. The van der Waals surface area contributed by atoms with Gasteiger partial charge in [0.05, 0.1) is 6.04 Å². The Hall–Kier alpha value is -2.87. The summed E-state index contributed by atoms with van der Waals surface area (Å²) in [4.78, 5) is 13.1. The van der Waals surface area contributed by atoms with Crippen molar-refractivity contribution in [2.75, 3.05) is 0 Å². The highest BCUT2D eigenvalue weighted by molar-refractivity contribution is 5.95. The fourth-order valence-corrected chi connectivity index (χ4v) is 3.94. The van der Waals surface area contributed by atoms with E-state index in [1.165, 1.54) is 29.5 Å². The topological polar surface area (TPSA) is 29.1 Å². The largest absolute Gasteiger partial charge is 0.341 e. The normalized spacial score (nSPS) is 14.3. The summed E-state index contributed by atoms with van der Waals surface area (Å²) in [6, 6.07) is 24.6. The molecule has 1 N–H and O–H groups in total. The third-order valence-corrected chi connectivity index (χ3v) is 5.39. The summed E-state index contributed by atoms with van der Waals surface area (Å²) in [6.45, 7) is 2.08. The van der Waals surface area contributed by atoms with Crippen LogP contribution in [0.15, 0.2) is 72.8 Å². The van der Waals surface area contributed by atoms with E-state index in [9.17, 15) is 4.79 Å². The molecule has 0 aliphatic heterocycles. The Morgan fingerprint density at radius 2 is 1.56 bits per heavy atom. The van der Waals surface area contributed by atoms with E-state index >= 15 is 0 Å². The maximum absolute atomic E-state index is 13.1. The Morgan fingerprint density at radius 3 is 2.33 bits per heavy atom. The molecule has 0 spiro atoms. The molecule has 0 heterocycles. The van der Waals surface area contributed by atoms with Gasteiger partial charge >= 0.3 is 0 Å². The maximum Gasteiger partial charge on any atom is 0.252 e. The molecule has 0 saturated heterocycles. The van der Waals surface area contributed by atoms with Crippen LogP contribution in [0.4, 0.5) is 0 Å². The van der Waals surface area contributed by atoms with Gasteiger partial charge in [-0.15, -0.1) is 0 Å². The molecule has 1 atom stereocenters. The first-order chi connectivity index (χ1) is 13.2. The molecule has 2 nitrogen and oxygen atoms in total. The van der Waals surface area contributed by atoms with E-state index in [0.29, 0.717) is 0 Å². The molecule has 0 bridgehead atoms. The van der Waals surface area contributed by atoms with Gasteiger partial charge in [0.1, 0.15) is 0 Å². The summed E-state index contributed by atoms with van der Waals surface area (Å²) in [5.41, 5.74) is 6.87. The van der Waals surface area contributed by atoms with E-state index in [4.69, 9.17) is 0 Å². The van der Waals surface area contributed by atoms with Crippen molar-refractivity contribution in [3.8, 4) is 0 Å². The molecule has 2 heteroatoms. The van der Waals surface area contributed by atoms with Crippen LogP contribution in [0.25, 0.3) is 0 Å². The molecule has 0 unspecified atom stereocenters. The standard InChI is InChI=1S/C25H25NO/c1-18-8-7-13-22(16-18)24(20-10-3-2-4-11-20)26-25(27)23-15-14-19-9-5-6-12-21(19)17-23/h2-4,7-8,10-11,13-17,24H,5-6,9,12H2,1H3,(H,26,27)/t24-/m0/s1. The van der Waals surface area contributed by atoms with E-state index in [0.717, 1.165) is 29.5 Å². The molecule has 3 aromatic carbocycles. The minimum atomic E-state index is -0.158. The van der Waals surface area contributed by atoms with Crippen molar-refractivity contribution in [1.29, 1.82) is 0 Å². The first-order valence-corrected chi connectivity index (χ1v) is 9.75. The third-order valence-electron chi connectivity index (χ3n) is 5.39. The van der Waals surface area contributed by atoms with Crippen LogP contribution < -0.4 is 5.32 Å².